The van der Waals surface area contributed by atoms with Crippen LogP contribution in [0.2, 0.25) is 0 Å². The fraction of sp³-hybridized carbons (Fsp3) is 0.0357. The summed E-state index contributed by atoms with van der Waals surface area (Å²) in [6.07, 6.45) is 0. The molecule has 2 aromatic heterocycles. The topological polar surface area (TPSA) is 21.3 Å². The van der Waals surface area contributed by atoms with E-state index in [9.17, 15) is 0 Å². The molecule has 0 aliphatic rings. The molecule has 11 rings (SSSR count). The van der Waals surface area contributed by atoms with Crippen LogP contribution in [0, 0.1) is 13.8 Å². The molecular weight excluding hydrogens is 717 g/mol. The van der Waals surface area contributed by atoms with Crippen LogP contribution < -0.4 is 4.90 Å². The van der Waals surface area contributed by atoms with E-state index in [1.807, 2.05) is 0 Å². The molecule has 0 fully saturated rings. The normalized spacial score (nSPS) is 11.6. The number of aromatic nitrogens is 1. The van der Waals surface area contributed by atoms with Crippen molar-refractivity contribution in [2.24, 2.45) is 0 Å². The number of furan rings is 1. The number of anilines is 3. The second-order valence-electron chi connectivity index (χ2n) is 15.5. The summed E-state index contributed by atoms with van der Waals surface area (Å²) < 4.78 is 9.20. The van der Waals surface area contributed by atoms with Gasteiger partial charge < -0.3 is 13.9 Å². The van der Waals surface area contributed by atoms with E-state index in [2.05, 4.69) is 230 Å². The highest BCUT2D eigenvalue weighted by molar-refractivity contribution is 6.12. The Morgan fingerprint density at radius 2 is 0.983 bits per heavy atom. The number of rotatable bonds is 7. The van der Waals surface area contributed by atoms with Crippen molar-refractivity contribution in [2.45, 2.75) is 13.8 Å². The Labute approximate surface area is 343 Å². The number of para-hydroxylation sites is 3. The summed E-state index contributed by atoms with van der Waals surface area (Å²) in [5.74, 6) is 0. The third-order valence-corrected chi connectivity index (χ3v) is 11.8. The second kappa shape index (κ2) is 14.1. The largest absolute Gasteiger partial charge is 0.455 e. The third kappa shape index (κ3) is 5.90. The molecule has 0 amide bonds. The van der Waals surface area contributed by atoms with Gasteiger partial charge in [0.05, 0.1) is 11.0 Å². The van der Waals surface area contributed by atoms with Crippen molar-refractivity contribution in [2.75, 3.05) is 4.90 Å². The molecule has 0 spiro atoms. The Morgan fingerprint density at radius 3 is 1.66 bits per heavy atom. The van der Waals surface area contributed by atoms with Gasteiger partial charge in [-0.25, -0.2) is 0 Å². The number of nitrogens with zero attached hydrogens (tertiary/aromatic N) is 2. The van der Waals surface area contributed by atoms with E-state index in [4.69, 9.17) is 4.42 Å². The van der Waals surface area contributed by atoms with Gasteiger partial charge in [-0.2, -0.15) is 0 Å². The van der Waals surface area contributed by atoms with Crippen LogP contribution in [0.15, 0.2) is 211 Å². The average molecular weight is 757 g/mol. The zero-order valence-corrected chi connectivity index (χ0v) is 32.9. The van der Waals surface area contributed by atoms with Crippen molar-refractivity contribution in [1.82, 2.24) is 4.57 Å². The predicted octanol–water partition coefficient (Wildman–Crippen LogP) is 15.8. The molecule has 0 unspecified atom stereocenters. The molecule has 0 radical (unpaired) electrons. The van der Waals surface area contributed by atoms with Gasteiger partial charge in [0.25, 0.3) is 0 Å². The van der Waals surface area contributed by atoms with Gasteiger partial charge in [0.15, 0.2) is 0 Å². The van der Waals surface area contributed by atoms with Gasteiger partial charge in [0.1, 0.15) is 11.2 Å². The molecule has 0 atom stereocenters. The fourth-order valence-corrected chi connectivity index (χ4v) is 8.94. The van der Waals surface area contributed by atoms with Gasteiger partial charge in [-0.05, 0) is 114 Å². The molecule has 11 aromatic rings. The smallest absolute Gasteiger partial charge is 0.143 e. The monoisotopic (exact) mass is 756 g/mol. The van der Waals surface area contributed by atoms with E-state index in [-0.39, 0.29) is 0 Å². The summed E-state index contributed by atoms with van der Waals surface area (Å²) in [5.41, 5.74) is 17.7. The SMILES string of the molecule is Cc1ccc(N(c2cc(-c3cccc(-n4c5ccccc5c5ccccc54)c3)c3oc4ccccc4c3c2)c2cc(-c3ccccc3)c(-c3ccccc3)cc2C)cc1. The summed E-state index contributed by atoms with van der Waals surface area (Å²) in [7, 11) is 0. The van der Waals surface area contributed by atoms with Crippen molar-refractivity contribution in [3.05, 3.63) is 217 Å². The van der Waals surface area contributed by atoms with E-state index in [1.54, 1.807) is 0 Å². The van der Waals surface area contributed by atoms with Crippen molar-refractivity contribution < 1.29 is 4.42 Å². The quantitative estimate of drug-likeness (QED) is 0.161. The molecule has 59 heavy (non-hydrogen) atoms. The summed E-state index contributed by atoms with van der Waals surface area (Å²) >= 11 is 0. The van der Waals surface area contributed by atoms with Gasteiger partial charge in [0.2, 0.25) is 0 Å². The van der Waals surface area contributed by atoms with Crippen molar-refractivity contribution in [1.29, 1.82) is 0 Å². The molecule has 2 heterocycles. The first-order chi connectivity index (χ1) is 29.1. The summed E-state index contributed by atoms with van der Waals surface area (Å²) in [5, 5.41) is 4.66. The summed E-state index contributed by atoms with van der Waals surface area (Å²) in [6.45, 7) is 4.38. The van der Waals surface area contributed by atoms with E-state index in [0.29, 0.717) is 0 Å². The lowest BCUT2D eigenvalue weighted by Gasteiger charge is -2.29. The van der Waals surface area contributed by atoms with E-state index in [0.717, 1.165) is 55.8 Å². The van der Waals surface area contributed by atoms with Crippen molar-refractivity contribution >= 4 is 60.8 Å². The van der Waals surface area contributed by atoms with Gasteiger partial charge in [-0.1, -0.05) is 145 Å². The average Bonchev–Trinajstić information content (AvgIpc) is 3.84. The Bertz CT molecular complexity index is 3280. The van der Waals surface area contributed by atoms with Crippen LogP contribution in [0.1, 0.15) is 11.1 Å². The van der Waals surface area contributed by atoms with Crippen molar-refractivity contribution in [3.63, 3.8) is 0 Å². The number of fused-ring (bicyclic) bond motifs is 6. The standard InChI is InChI=1S/C56H40N2O/c1-37-28-30-42(31-29-37)57(54-36-49(40-18-7-4-8-19-40)48(32-38(54)2)39-16-5-3-6-17-39)44-34-50(56-51(35-44)47-24-11-14-27-55(47)59-56)41-20-15-21-43(33-41)58-52-25-12-9-22-45(52)46-23-10-13-26-53(46)58/h3-36H,1-2H3. The second-order valence-corrected chi connectivity index (χ2v) is 15.5. The fourth-order valence-electron chi connectivity index (χ4n) is 8.94. The lowest BCUT2D eigenvalue weighted by Crippen LogP contribution is -2.12. The van der Waals surface area contributed by atoms with Crippen LogP contribution in [0.3, 0.4) is 0 Å². The van der Waals surface area contributed by atoms with Gasteiger partial charge in [0, 0.05) is 49.9 Å². The number of hydrogen-bond acceptors (Lipinski definition) is 2. The first kappa shape index (κ1) is 34.6. The van der Waals surface area contributed by atoms with E-state index in [1.165, 1.54) is 55.2 Å². The molecule has 0 saturated heterocycles. The highest BCUT2D eigenvalue weighted by Crippen LogP contribution is 2.47. The maximum atomic E-state index is 6.81. The zero-order valence-electron chi connectivity index (χ0n) is 32.9. The lowest BCUT2D eigenvalue weighted by atomic mass is 9.91. The van der Waals surface area contributed by atoms with Crippen LogP contribution in [-0.4, -0.2) is 4.57 Å². The molecule has 0 bridgehead atoms. The van der Waals surface area contributed by atoms with E-state index >= 15 is 0 Å². The minimum atomic E-state index is 0.871. The lowest BCUT2D eigenvalue weighted by molar-refractivity contribution is 0.670. The molecule has 0 aliphatic heterocycles. The maximum absolute atomic E-state index is 6.81. The summed E-state index contributed by atoms with van der Waals surface area (Å²) in [4.78, 5) is 2.43. The molecule has 0 N–H and O–H groups in total. The predicted molar refractivity (Wildman–Crippen MR) is 249 cm³/mol. The highest BCUT2D eigenvalue weighted by Gasteiger charge is 2.23. The molecule has 3 heteroatoms. The summed E-state index contributed by atoms with van der Waals surface area (Å²) in [6, 6.07) is 74.4. The van der Waals surface area contributed by atoms with Crippen LogP contribution in [0.25, 0.3) is 82.8 Å². The number of aryl methyl sites for hydroxylation is 2. The Hall–Kier alpha value is -7.62. The minimum absolute atomic E-state index is 0.871. The molecule has 3 nitrogen and oxygen atoms in total. The van der Waals surface area contributed by atoms with Crippen LogP contribution in [0.5, 0.6) is 0 Å². The van der Waals surface area contributed by atoms with Gasteiger partial charge in [-0.3, -0.25) is 0 Å². The van der Waals surface area contributed by atoms with Crippen LogP contribution in [0.4, 0.5) is 17.1 Å². The highest BCUT2D eigenvalue weighted by atomic mass is 16.3. The molecule has 0 saturated carbocycles. The number of hydrogen-bond donors (Lipinski definition) is 0. The van der Waals surface area contributed by atoms with Crippen LogP contribution in [-0.2, 0) is 0 Å². The van der Waals surface area contributed by atoms with Crippen molar-refractivity contribution in [3.8, 4) is 39.1 Å². The van der Waals surface area contributed by atoms with Crippen LogP contribution >= 0.6 is 0 Å². The third-order valence-electron chi connectivity index (χ3n) is 11.8. The van der Waals surface area contributed by atoms with Gasteiger partial charge in [-0.15, -0.1) is 0 Å². The number of benzene rings is 9. The Morgan fingerprint density at radius 1 is 0.407 bits per heavy atom. The molecule has 9 aromatic carbocycles. The Balaban J connectivity index is 1.18. The Kier molecular flexibility index (Phi) is 8.27. The molecule has 280 valence electrons. The molecule has 0 aliphatic carbocycles. The maximum Gasteiger partial charge on any atom is 0.143 e. The first-order valence-electron chi connectivity index (χ1n) is 20.3. The van der Waals surface area contributed by atoms with E-state index < -0.39 is 0 Å². The van der Waals surface area contributed by atoms with Gasteiger partial charge >= 0.3 is 0 Å². The first-order valence-corrected chi connectivity index (χ1v) is 20.3. The zero-order chi connectivity index (χ0) is 39.5. The molecular formula is C56H40N2O. The minimum Gasteiger partial charge on any atom is -0.455 e.